The summed E-state index contributed by atoms with van der Waals surface area (Å²) in [5, 5.41) is 5.12. The van der Waals surface area contributed by atoms with E-state index < -0.39 is 0 Å². The lowest BCUT2D eigenvalue weighted by atomic mass is 10.3. The Morgan fingerprint density at radius 3 is 2.74 bits per heavy atom. The summed E-state index contributed by atoms with van der Waals surface area (Å²) in [6.07, 6.45) is 4.10. The van der Waals surface area contributed by atoms with Gasteiger partial charge in [0, 0.05) is 24.7 Å². The molecule has 0 aromatic carbocycles. The fourth-order valence-electron chi connectivity index (χ4n) is 1.58. The van der Waals surface area contributed by atoms with Gasteiger partial charge >= 0.3 is 0 Å². The Morgan fingerprint density at radius 1 is 1.26 bits per heavy atom. The number of rotatable bonds is 5. The van der Waals surface area contributed by atoms with Gasteiger partial charge in [-0.1, -0.05) is 6.92 Å². The molecule has 2 aromatic rings. The summed E-state index contributed by atoms with van der Waals surface area (Å²) in [7, 11) is 0. The molecule has 2 heterocycles. The van der Waals surface area contributed by atoms with E-state index in [1.807, 2.05) is 13.0 Å². The standard InChI is InChI=1S/C13H17N5S/c1-4-10-17-12(15-5-2)9(3)13(18-10)19-11-6-7-14-8-16-11/h6-8H,4-5H2,1-3H3,(H,15,17,18). The molecule has 0 fully saturated rings. The van der Waals surface area contributed by atoms with Gasteiger partial charge in [-0.2, -0.15) is 0 Å². The molecule has 19 heavy (non-hydrogen) atoms. The van der Waals surface area contributed by atoms with E-state index in [1.54, 1.807) is 24.3 Å². The first kappa shape index (κ1) is 13.7. The predicted molar refractivity (Wildman–Crippen MR) is 76.5 cm³/mol. The van der Waals surface area contributed by atoms with Crippen LogP contribution in [-0.2, 0) is 6.42 Å². The minimum absolute atomic E-state index is 0.815. The van der Waals surface area contributed by atoms with Crippen molar-refractivity contribution in [2.24, 2.45) is 0 Å². The van der Waals surface area contributed by atoms with Crippen molar-refractivity contribution >= 4 is 17.6 Å². The molecule has 1 N–H and O–H groups in total. The number of hydrogen-bond acceptors (Lipinski definition) is 6. The second-order valence-electron chi connectivity index (χ2n) is 3.95. The summed E-state index contributed by atoms with van der Waals surface area (Å²) in [5.74, 6) is 1.75. The molecule has 6 heteroatoms. The van der Waals surface area contributed by atoms with Crippen LogP contribution in [0.4, 0.5) is 5.82 Å². The van der Waals surface area contributed by atoms with Crippen molar-refractivity contribution in [3.63, 3.8) is 0 Å². The van der Waals surface area contributed by atoms with Gasteiger partial charge in [0.2, 0.25) is 0 Å². The highest BCUT2D eigenvalue weighted by atomic mass is 32.2. The molecule has 0 aliphatic rings. The molecule has 0 aliphatic carbocycles. The van der Waals surface area contributed by atoms with E-state index in [0.29, 0.717) is 0 Å². The fourth-order valence-corrected chi connectivity index (χ4v) is 2.40. The van der Waals surface area contributed by atoms with Crippen LogP contribution in [0.2, 0.25) is 0 Å². The van der Waals surface area contributed by atoms with Crippen molar-refractivity contribution in [1.29, 1.82) is 0 Å². The Balaban J connectivity index is 2.35. The van der Waals surface area contributed by atoms with Gasteiger partial charge in [0.15, 0.2) is 0 Å². The molecule has 0 saturated heterocycles. The molecule has 2 aromatic heterocycles. The highest BCUT2D eigenvalue weighted by molar-refractivity contribution is 7.99. The van der Waals surface area contributed by atoms with Gasteiger partial charge in [-0.3, -0.25) is 0 Å². The second-order valence-corrected chi connectivity index (χ2v) is 4.96. The van der Waals surface area contributed by atoms with Crippen molar-refractivity contribution in [1.82, 2.24) is 19.9 Å². The van der Waals surface area contributed by atoms with Gasteiger partial charge < -0.3 is 5.32 Å². The number of anilines is 1. The molecule has 0 saturated carbocycles. The summed E-state index contributed by atoms with van der Waals surface area (Å²) in [4.78, 5) is 17.2. The molecular formula is C13H17N5S. The third kappa shape index (κ3) is 3.41. The first-order valence-corrected chi connectivity index (χ1v) is 7.11. The molecule has 0 unspecified atom stereocenters. The Bertz CT molecular complexity index is 544. The van der Waals surface area contributed by atoms with Gasteiger partial charge in [0.1, 0.15) is 28.0 Å². The molecule has 0 amide bonds. The lowest BCUT2D eigenvalue weighted by Crippen LogP contribution is -2.07. The molecule has 0 bridgehead atoms. The lowest BCUT2D eigenvalue weighted by molar-refractivity contribution is 0.868. The SMILES string of the molecule is CCNc1nc(CC)nc(Sc2ccncn2)c1C. The fraction of sp³-hybridized carbons (Fsp3) is 0.385. The number of nitrogens with zero attached hydrogens (tertiary/aromatic N) is 4. The van der Waals surface area contributed by atoms with Crippen LogP contribution in [0.1, 0.15) is 25.2 Å². The average Bonchev–Trinajstić information content (AvgIpc) is 2.44. The van der Waals surface area contributed by atoms with Crippen LogP contribution < -0.4 is 5.32 Å². The Hall–Kier alpha value is -1.69. The summed E-state index contributed by atoms with van der Waals surface area (Å²) in [6, 6.07) is 1.88. The van der Waals surface area contributed by atoms with Gasteiger partial charge in [-0.15, -0.1) is 0 Å². The van der Waals surface area contributed by atoms with E-state index >= 15 is 0 Å². The van der Waals surface area contributed by atoms with Gasteiger partial charge in [-0.25, -0.2) is 19.9 Å². The zero-order chi connectivity index (χ0) is 13.7. The van der Waals surface area contributed by atoms with E-state index in [1.165, 1.54) is 0 Å². The van der Waals surface area contributed by atoms with Crippen LogP contribution in [0.5, 0.6) is 0 Å². The molecule has 2 rings (SSSR count). The topological polar surface area (TPSA) is 63.6 Å². The minimum Gasteiger partial charge on any atom is -0.370 e. The highest BCUT2D eigenvalue weighted by Gasteiger charge is 2.11. The van der Waals surface area contributed by atoms with Crippen molar-refractivity contribution in [2.45, 2.75) is 37.2 Å². The third-order valence-electron chi connectivity index (χ3n) is 2.56. The van der Waals surface area contributed by atoms with Crippen LogP contribution in [0.15, 0.2) is 28.6 Å². The lowest BCUT2D eigenvalue weighted by Gasteiger charge is -2.11. The monoisotopic (exact) mass is 275 g/mol. The smallest absolute Gasteiger partial charge is 0.133 e. The quantitative estimate of drug-likeness (QED) is 0.846. The highest BCUT2D eigenvalue weighted by Crippen LogP contribution is 2.29. The van der Waals surface area contributed by atoms with E-state index in [2.05, 4.69) is 39.1 Å². The van der Waals surface area contributed by atoms with Crippen LogP contribution in [0, 0.1) is 6.92 Å². The zero-order valence-electron chi connectivity index (χ0n) is 11.3. The zero-order valence-corrected chi connectivity index (χ0v) is 12.2. The summed E-state index contributed by atoms with van der Waals surface area (Å²) >= 11 is 1.54. The van der Waals surface area contributed by atoms with Gasteiger partial charge in [0.25, 0.3) is 0 Å². The molecule has 0 aliphatic heterocycles. The van der Waals surface area contributed by atoms with Crippen LogP contribution in [0.25, 0.3) is 0 Å². The first-order chi connectivity index (χ1) is 9.24. The van der Waals surface area contributed by atoms with Gasteiger partial charge in [-0.05, 0) is 31.7 Å². The van der Waals surface area contributed by atoms with Crippen molar-refractivity contribution < 1.29 is 0 Å². The van der Waals surface area contributed by atoms with Crippen molar-refractivity contribution in [3.8, 4) is 0 Å². The molecule has 5 nitrogen and oxygen atoms in total. The Kier molecular flexibility index (Phi) is 4.68. The molecule has 100 valence electrons. The normalized spacial score (nSPS) is 10.5. The largest absolute Gasteiger partial charge is 0.370 e. The number of aromatic nitrogens is 4. The molecular weight excluding hydrogens is 258 g/mol. The third-order valence-corrected chi connectivity index (χ3v) is 3.61. The first-order valence-electron chi connectivity index (χ1n) is 6.29. The van der Waals surface area contributed by atoms with Crippen molar-refractivity contribution in [3.05, 3.63) is 30.0 Å². The van der Waals surface area contributed by atoms with E-state index in [4.69, 9.17) is 0 Å². The minimum atomic E-state index is 0.815. The molecule has 0 radical (unpaired) electrons. The maximum absolute atomic E-state index is 4.58. The van der Waals surface area contributed by atoms with Crippen LogP contribution in [0.3, 0.4) is 0 Å². The number of nitrogens with one attached hydrogen (secondary N) is 1. The predicted octanol–water partition coefficient (Wildman–Crippen LogP) is 2.72. The van der Waals surface area contributed by atoms with Crippen LogP contribution in [-0.4, -0.2) is 26.5 Å². The number of aryl methyl sites for hydroxylation is 1. The van der Waals surface area contributed by atoms with E-state index in [-0.39, 0.29) is 0 Å². The van der Waals surface area contributed by atoms with Gasteiger partial charge in [0.05, 0.1) is 0 Å². The van der Waals surface area contributed by atoms with Crippen LogP contribution >= 0.6 is 11.8 Å². The van der Waals surface area contributed by atoms with E-state index in [9.17, 15) is 0 Å². The maximum atomic E-state index is 4.58. The Morgan fingerprint density at radius 2 is 2.11 bits per heavy atom. The molecule has 0 atom stereocenters. The maximum Gasteiger partial charge on any atom is 0.133 e. The average molecular weight is 275 g/mol. The summed E-state index contributed by atoms with van der Waals surface area (Å²) < 4.78 is 0. The second kappa shape index (κ2) is 6.47. The summed E-state index contributed by atoms with van der Waals surface area (Å²) in [5.41, 5.74) is 1.06. The van der Waals surface area contributed by atoms with E-state index in [0.717, 1.165) is 40.2 Å². The molecule has 0 spiro atoms. The number of hydrogen-bond donors (Lipinski definition) is 1. The van der Waals surface area contributed by atoms with Crippen molar-refractivity contribution in [2.75, 3.05) is 11.9 Å². The summed E-state index contributed by atoms with van der Waals surface area (Å²) in [6.45, 7) is 6.99. The Labute approximate surface area is 117 Å².